The zero-order valence-corrected chi connectivity index (χ0v) is 9.91. The van der Waals surface area contributed by atoms with Gasteiger partial charge in [-0.15, -0.1) is 0 Å². The van der Waals surface area contributed by atoms with Crippen molar-refractivity contribution < 1.29 is 13.6 Å². The number of carbonyl (C=O) groups excluding carboxylic acids is 1. The highest BCUT2D eigenvalue weighted by molar-refractivity contribution is 6.09. The predicted molar refractivity (Wildman–Crippen MR) is 65.6 cm³/mol. The van der Waals surface area contributed by atoms with Gasteiger partial charge in [0.1, 0.15) is 11.6 Å². The summed E-state index contributed by atoms with van der Waals surface area (Å²) < 4.78 is 26.2. The summed E-state index contributed by atoms with van der Waals surface area (Å²) in [6.45, 7) is 2.01. The summed E-state index contributed by atoms with van der Waals surface area (Å²) in [5, 5.41) is 0. The smallest absolute Gasteiger partial charge is 0.195 e. The number of rotatable bonds is 3. The van der Waals surface area contributed by atoms with Crippen LogP contribution in [0, 0.1) is 11.6 Å². The van der Waals surface area contributed by atoms with Crippen LogP contribution in [0.1, 0.15) is 28.4 Å². The van der Waals surface area contributed by atoms with Gasteiger partial charge in [-0.1, -0.05) is 31.2 Å². The van der Waals surface area contributed by atoms with Crippen LogP contribution in [-0.4, -0.2) is 5.78 Å². The van der Waals surface area contributed by atoms with Gasteiger partial charge in [-0.3, -0.25) is 4.79 Å². The molecule has 2 aromatic rings. The molecule has 2 aromatic carbocycles. The SMILES string of the molecule is CCc1ccc(C(=O)c2ccc(F)cc2F)cc1. The van der Waals surface area contributed by atoms with Crippen LogP contribution >= 0.6 is 0 Å². The van der Waals surface area contributed by atoms with E-state index in [0.29, 0.717) is 11.6 Å². The van der Waals surface area contributed by atoms with E-state index in [1.54, 1.807) is 12.1 Å². The summed E-state index contributed by atoms with van der Waals surface area (Å²) in [4.78, 5) is 12.0. The maximum atomic E-state index is 13.5. The van der Waals surface area contributed by atoms with E-state index in [-0.39, 0.29) is 5.56 Å². The third-order valence-corrected chi connectivity index (χ3v) is 2.80. The molecule has 0 aliphatic carbocycles. The zero-order valence-electron chi connectivity index (χ0n) is 9.91. The van der Waals surface area contributed by atoms with E-state index in [9.17, 15) is 13.6 Å². The van der Waals surface area contributed by atoms with Gasteiger partial charge in [0.15, 0.2) is 5.78 Å². The highest BCUT2D eigenvalue weighted by Gasteiger charge is 2.14. The average molecular weight is 246 g/mol. The van der Waals surface area contributed by atoms with Crippen LogP contribution in [0.5, 0.6) is 0 Å². The number of aryl methyl sites for hydroxylation is 1. The highest BCUT2D eigenvalue weighted by Crippen LogP contribution is 2.15. The lowest BCUT2D eigenvalue weighted by Gasteiger charge is -2.04. The maximum Gasteiger partial charge on any atom is 0.195 e. The summed E-state index contributed by atoms with van der Waals surface area (Å²) in [6.07, 6.45) is 0.874. The first kappa shape index (κ1) is 12.4. The Kier molecular flexibility index (Phi) is 3.51. The summed E-state index contributed by atoms with van der Waals surface area (Å²) in [5.74, 6) is -1.96. The van der Waals surface area contributed by atoms with Crippen LogP contribution in [0.2, 0.25) is 0 Å². The Morgan fingerprint density at radius 3 is 2.28 bits per heavy atom. The molecule has 0 spiro atoms. The molecular formula is C15H12F2O. The van der Waals surface area contributed by atoms with Crippen molar-refractivity contribution >= 4 is 5.78 Å². The van der Waals surface area contributed by atoms with Gasteiger partial charge in [0, 0.05) is 11.6 Å². The molecule has 0 saturated heterocycles. The van der Waals surface area contributed by atoms with Gasteiger partial charge in [-0.25, -0.2) is 8.78 Å². The fourth-order valence-corrected chi connectivity index (χ4v) is 1.72. The minimum atomic E-state index is -0.834. The first-order valence-electron chi connectivity index (χ1n) is 5.70. The summed E-state index contributed by atoms with van der Waals surface area (Å²) >= 11 is 0. The Hall–Kier alpha value is -2.03. The van der Waals surface area contributed by atoms with Crippen LogP contribution in [0.15, 0.2) is 42.5 Å². The molecule has 0 aliphatic heterocycles. The molecule has 0 aliphatic rings. The van der Waals surface area contributed by atoms with Crippen molar-refractivity contribution in [3.05, 3.63) is 70.8 Å². The van der Waals surface area contributed by atoms with Gasteiger partial charge in [-0.2, -0.15) is 0 Å². The second-order valence-electron chi connectivity index (χ2n) is 4.00. The van der Waals surface area contributed by atoms with Crippen molar-refractivity contribution in [3.63, 3.8) is 0 Å². The normalized spacial score (nSPS) is 10.4. The standard InChI is InChI=1S/C15H12F2O/c1-2-10-3-5-11(6-4-10)15(18)13-8-7-12(16)9-14(13)17/h3-9H,2H2,1H3. The topological polar surface area (TPSA) is 17.1 Å². The molecule has 0 fully saturated rings. The first-order valence-corrected chi connectivity index (χ1v) is 5.70. The van der Waals surface area contributed by atoms with E-state index in [1.807, 2.05) is 19.1 Å². The van der Waals surface area contributed by atoms with E-state index < -0.39 is 17.4 Å². The lowest BCUT2D eigenvalue weighted by molar-refractivity contribution is 0.103. The van der Waals surface area contributed by atoms with Gasteiger partial charge in [0.05, 0.1) is 5.56 Å². The molecule has 0 N–H and O–H groups in total. The summed E-state index contributed by atoms with van der Waals surface area (Å²) in [5.41, 5.74) is 1.39. The molecule has 3 heteroatoms. The van der Waals surface area contributed by atoms with E-state index in [2.05, 4.69) is 0 Å². The lowest BCUT2D eigenvalue weighted by atomic mass is 10.0. The molecule has 0 radical (unpaired) electrons. The Bertz CT molecular complexity index is 574. The quantitative estimate of drug-likeness (QED) is 0.754. The van der Waals surface area contributed by atoms with Crippen LogP contribution in [0.4, 0.5) is 8.78 Å². The Balaban J connectivity index is 2.35. The molecule has 0 unspecified atom stereocenters. The number of halogens is 2. The van der Waals surface area contributed by atoms with Gasteiger partial charge in [0.2, 0.25) is 0 Å². The van der Waals surface area contributed by atoms with Gasteiger partial charge in [0.25, 0.3) is 0 Å². The molecule has 1 nitrogen and oxygen atoms in total. The van der Waals surface area contributed by atoms with Crippen molar-refractivity contribution in [2.24, 2.45) is 0 Å². The Morgan fingerprint density at radius 1 is 1.06 bits per heavy atom. The third-order valence-electron chi connectivity index (χ3n) is 2.80. The van der Waals surface area contributed by atoms with Crippen molar-refractivity contribution in [2.45, 2.75) is 13.3 Å². The van der Waals surface area contributed by atoms with Crippen LogP contribution in [0.3, 0.4) is 0 Å². The molecule has 0 heterocycles. The molecule has 2 rings (SSSR count). The molecule has 0 atom stereocenters. The minimum absolute atomic E-state index is 0.111. The highest BCUT2D eigenvalue weighted by atomic mass is 19.1. The van der Waals surface area contributed by atoms with Crippen molar-refractivity contribution in [1.82, 2.24) is 0 Å². The largest absolute Gasteiger partial charge is 0.288 e. The average Bonchev–Trinajstić information content (AvgIpc) is 2.38. The van der Waals surface area contributed by atoms with Gasteiger partial charge in [-0.05, 0) is 24.1 Å². The van der Waals surface area contributed by atoms with Crippen molar-refractivity contribution in [2.75, 3.05) is 0 Å². The predicted octanol–water partition coefficient (Wildman–Crippen LogP) is 3.76. The van der Waals surface area contributed by atoms with E-state index in [4.69, 9.17) is 0 Å². The molecular weight excluding hydrogens is 234 g/mol. The van der Waals surface area contributed by atoms with Crippen LogP contribution in [-0.2, 0) is 6.42 Å². The summed E-state index contributed by atoms with van der Waals surface area (Å²) in [7, 11) is 0. The lowest BCUT2D eigenvalue weighted by Crippen LogP contribution is -2.04. The molecule has 0 saturated carbocycles. The van der Waals surface area contributed by atoms with Crippen LogP contribution in [0.25, 0.3) is 0 Å². The van der Waals surface area contributed by atoms with Gasteiger partial charge >= 0.3 is 0 Å². The van der Waals surface area contributed by atoms with Crippen molar-refractivity contribution in [1.29, 1.82) is 0 Å². The van der Waals surface area contributed by atoms with E-state index in [1.165, 1.54) is 6.07 Å². The Labute approximate surface area is 104 Å². The summed E-state index contributed by atoms with van der Waals surface area (Å²) in [6, 6.07) is 9.93. The monoisotopic (exact) mass is 246 g/mol. The first-order chi connectivity index (χ1) is 8.61. The molecule has 0 amide bonds. The van der Waals surface area contributed by atoms with Gasteiger partial charge < -0.3 is 0 Å². The fourth-order valence-electron chi connectivity index (χ4n) is 1.72. The second kappa shape index (κ2) is 5.08. The fraction of sp³-hybridized carbons (Fsp3) is 0.133. The third kappa shape index (κ3) is 2.45. The number of ketones is 1. The zero-order chi connectivity index (χ0) is 13.1. The van der Waals surface area contributed by atoms with E-state index >= 15 is 0 Å². The number of hydrogen-bond acceptors (Lipinski definition) is 1. The minimum Gasteiger partial charge on any atom is -0.288 e. The van der Waals surface area contributed by atoms with Crippen LogP contribution < -0.4 is 0 Å². The van der Waals surface area contributed by atoms with Crippen molar-refractivity contribution in [3.8, 4) is 0 Å². The maximum absolute atomic E-state index is 13.5. The number of benzene rings is 2. The Morgan fingerprint density at radius 2 is 1.72 bits per heavy atom. The number of hydrogen-bond donors (Lipinski definition) is 0. The number of carbonyl (C=O) groups is 1. The molecule has 0 aromatic heterocycles. The second-order valence-corrected chi connectivity index (χ2v) is 4.00. The molecule has 18 heavy (non-hydrogen) atoms. The van der Waals surface area contributed by atoms with E-state index in [0.717, 1.165) is 18.1 Å². The molecule has 92 valence electrons. The molecule has 0 bridgehead atoms.